The number of hydrogen-bond acceptors (Lipinski definition) is 3. The standard InChI is InChI=1S/C9H9F3N2S/c10-9(11,12)7-4-15-8(13-7)14-2-5-1-6(5)3-14/h4-6H,1-3H2. The van der Waals surface area contributed by atoms with Gasteiger partial charge in [-0.2, -0.15) is 13.2 Å². The topological polar surface area (TPSA) is 16.1 Å². The Kier molecular flexibility index (Phi) is 1.81. The molecule has 82 valence electrons. The van der Waals surface area contributed by atoms with Crippen LogP contribution in [-0.4, -0.2) is 18.1 Å². The maximum absolute atomic E-state index is 12.3. The zero-order chi connectivity index (χ0) is 10.6. The number of anilines is 1. The van der Waals surface area contributed by atoms with E-state index in [0.717, 1.165) is 29.8 Å². The maximum atomic E-state index is 12.3. The number of piperidine rings is 1. The molecule has 0 N–H and O–H groups in total. The van der Waals surface area contributed by atoms with Crippen molar-refractivity contribution in [3.8, 4) is 0 Å². The third kappa shape index (κ3) is 1.60. The van der Waals surface area contributed by atoms with Crippen molar-refractivity contribution < 1.29 is 13.2 Å². The summed E-state index contributed by atoms with van der Waals surface area (Å²) < 4.78 is 36.9. The molecule has 2 aliphatic rings. The maximum Gasteiger partial charge on any atom is 0.434 e. The molecule has 2 fully saturated rings. The summed E-state index contributed by atoms with van der Waals surface area (Å²) in [4.78, 5) is 5.61. The molecule has 1 aromatic rings. The van der Waals surface area contributed by atoms with Gasteiger partial charge in [0.05, 0.1) is 0 Å². The summed E-state index contributed by atoms with van der Waals surface area (Å²) in [6, 6.07) is 0. The van der Waals surface area contributed by atoms with E-state index in [2.05, 4.69) is 4.98 Å². The molecule has 6 heteroatoms. The fourth-order valence-electron chi connectivity index (χ4n) is 2.09. The predicted octanol–water partition coefficient (Wildman–Crippen LogP) is 2.62. The second-order valence-electron chi connectivity index (χ2n) is 4.17. The van der Waals surface area contributed by atoms with Gasteiger partial charge < -0.3 is 4.90 Å². The van der Waals surface area contributed by atoms with Crippen molar-refractivity contribution in [3.05, 3.63) is 11.1 Å². The Balaban J connectivity index is 1.79. The zero-order valence-electron chi connectivity index (χ0n) is 7.79. The van der Waals surface area contributed by atoms with Crippen LogP contribution in [-0.2, 0) is 6.18 Å². The molecule has 2 nitrogen and oxygen atoms in total. The van der Waals surface area contributed by atoms with E-state index in [9.17, 15) is 13.2 Å². The summed E-state index contributed by atoms with van der Waals surface area (Å²) in [7, 11) is 0. The molecule has 0 aromatic carbocycles. The van der Waals surface area contributed by atoms with Gasteiger partial charge in [0, 0.05) is 18.5 Å². The van der Waals surface area contributed by atoms with E-state index in [0.29, 0.717) is 17.0 Å². The minimum absolute atomic E-state index is 0.523. The average molecular weight is 234 g/mol. The minimum Gasteiger partial charge on any atom is -0.348 e. The molecule has 2 atom stereocenters. The molecule has 15 heavy (non-hydrogen) atoms. The quantitative estimate of drug-likeness (QED) is 0.742. The number of nitrogens with zero attached hydrogens (tertiary/aromatic N) is 2. The fourth-order valence-corrected chi connectivity index (χ4v) is 2.95. The smallest absolute Gasteiger partial charge is 0.348 e. The Hall–Kier alpha value is -0.780. The van der Waals surface area contributed by atoms with Gasteiger partial charge in [-0.1, -0.05) is 0 Å². The van der Waals surface area contributed by atoms with E-state index in [4.69, 9.17) is 0 Å². The molecular formula is C9H9F3N2S. The van der Waals surface area contributed by atoms with Crippen molar-refractivity contribution in [2.45, 2.75) is 12.6 Å². The van der Waals surface area contributed by atoms with E-state index in [1.807, 2.05) is 4.90 Å². The molecule has 1 aliphatic carbocycles. The number of alkyl halides is 3. The number of aromatic nitrogens is 1. The third-order valence-corrected chi connectivity index (χ3v) is 3.93. The first-order chi connectivity index (χ1) is 7.04. The van der Waals surface area contributed by atoms with Gasteiger partial charge >= 0.3 is 6.18 Å². The molecule has 2 unspecified atom stereocenters. The number of hydrogen-bond donors (Lipinski definition) is 0. The van der Waals surface area contributed by atoms with Crippen LogP contribution in [0.25, 0.3) is 0 Å². The van der Waals surface area contributed by atoms with Crippen molar-refractivity contribution in [2.24, 2.45) is 11.8 Å². The lowest BCUT2D eigenvalue weighted by Crippen LogP contribution is -2.21. The molecule has 1 aliphatic heterocycles. The van der Waals surface area contributed by atoms with E-state index in [1.54, 1.807) is 0 Å². The number of thiazole rings is 1. The summed E-state index contributed by atoms with van der Waals surface area (Å²) in [5.41, 5.74) is -0.761. The highest BCUT2D eigenvalue weighted by molar-refractivity contribution is 7.13. The zero-order valence-corrected chi connectivity index (χ0v) is 8.61. The monoisotopic (exact) mass is 234 g/mol. The predicted molar refractivity (Wildman–Crippen MR) is 50.9 cm³/mol. The van der Waals surface area contributed by atoms with Crippen LogP contribution in [0.4, 0.5) is 18.3 Å². The highest BCUT2D eigenvalue weighted by Crippen LogP contribution is 2.47. The lowest BCUT2D eigenvalue weighted by atomic mass is 10.4. The van der Waals surface area contributed by atoms with E-state index < -0.39 is 11.9 Å². The van der Waals surface area contributed by atoms with Gasteiger partial charge in [-0.3, -0.25) is 0 Å². The van der Waals surface area contributed by atoms with Crippen LogP contribution in [0.15, 0.2) is 5.38 Å². The van der Waals surface area contributed by atoms with Gasteiger partial charge in [0.2, 0.25) is 0 Å². The SMILES string of the molecule is FC(F)(F)c1csc(N2CC3CC3C2)n1. The molecule has 1 saturated heterocycles. The third-order valence-electron chi connectivity index (χ3n) is 3.03. The van der Waals surface area contributed by atoms with Crippen molar-refractivity contribution in [1.29, 1.82) is 0 Å². The second kappa shape index (κ2) is 2.87. The average Bonchev–Trinajstić information content (AvgIpc) is 2.68. The van der Waals surface area contributed by atoms with Crippen molar-refractivity contribution in [3.63, 3.8) is 0 Å². The number of halogens is 3. The van der Waals surface area contributed by atoms with Crippen LogP contribution in [0, 0.1) is 11.8 Å². The van der Waals surface area contributed by atoms with Crippen LogP contribution < -0.4 is 4.90 Å². The first-order valence-corrected chi connectivity index (χ1v) is 5.69. The Morgan fingerprint density at radius 3 is 2.53 bits per heavy atom. The van der Waals surface area contributed by atoms with Crippen LogP contribution in [0.3, 0.4) is 0 Å². The molecule has 0 bridgehead atoms. The lowest BCUT2D eigenvalue weighted by Gasteiger charge is -2.15. The molecule has 0 radical (unpaired) electrons. The van der Waals surface area contributed by atoms with Crippen LogP contribution in [0.2, 0.25) is 0 Å². The Labute approximate surface area is 88.7 Å². The van der Waals surface area contributed by atoms with Gasteiger partial charge in [-0.15, -0.1) is 11.3 Å². The largest absolute Gasteiger partial charge is 0.434 e. The first-order valence-electron chi connectivity index (χ1n) is 4.82. The minimum atomic E-state index is -4.31. The van der Waals surface area contributed by atoms with Crippen LogP contribution >= 0.6 is 11.3 Å². The van der Waals surface area contributed by atoms with Gasteiger partial charge in [-0.05, 0) is 18.3 Å². The highest BCUT2D eigenvalue weighted by atomic mass is 32.1. The van der Waals surface area contributed by atoms with Crippen molar-refractivity contribution >= 4 is 16.5 Å². The molecule has 2 heterocycles. The van der Waals surface area contributed by atoms with E-state index in [1.165, 1.54) is 6.42 Å². The number of fused-ring (bicyclic) bond motifs is 1. The van der Waals surface area contributed by atoms with Gasteiger partial charge in [0.25, 0.3) is 0 Å². The summed E-state index contributed by atoms with van der Waals surface area (Å²) >= 11 is 1.09. The van der Waals surface area contributed by atoms with Gasteiger partial charge in [0.1, 0.15) is 0 Å². The van der Waals surface area contributed by atoms with Crippen molar-refractivity contribution in [1.82, 2.24) is 4.98 Å². The molecular weight excluding hydrogens is 225 g/mol. The van der Waals surface area contributed by atoms with E-state index in [-0.39, 0.29) is 0 Å². The summed E-state index contributed by atoms with van der Waals surface area (Å²) in [6.07, 6.45) is -3.06. The van der Waals surface area contributed by atoms with Crippen LogP contribution in [0.1, 0.15) is 12.1 Å². The lowest BCUT2D eigenvalue weighted by molar-refractivity contribution is -0.140. The molecule has 1 aromatic heterocycles. The molecule has 0 amide bonds. The molecule has 0 spiro atoms. The fraction of sp³-hybridized carbons (Fsp3) is 0.667. The van der Waals surface area contributed by atoms with Gasteiger partial charge in [-0.25, -0.2) is 4.98 Å². The number of rotatable bonds is 1. The normalized spacial score (nSPS) is 29.4. The highest BCUT2D eigenvalue weighted by Gasteiger charge is 2.46. The second-order valence-corrected chi connectivity index (χ2v) is 5.01. The van der Waals surface area contributed by atoms with Crippen LogP contribution in [0.5, 0.6) is 0 Å². The molecule has 3 rings (SSSR count). The summed E-state index contributed by atoms with van der Waals surface area (Å²) in [5.74, 6) is 1.42. The van der Waals surface area contributed by atoms with Crippen molar-refractivity contribution in [2.75, 3.05) is 18.0 Å². The Morgan fingerprint density at radius 2 is 2.00 bits per heavy atom. The summed E-state index contributed by atoms with van der Waals surface area (Å²) in [6.45, 7) is 1.77. The first kappa shape index (κ1) is 9.45. The Bertz CT molecular complexity index is 377. The van der Waals surface area contributed by atoms with E-state index >= 15 is 0 Å². The summed E-state index contributed by atoms with van der Waals surface area (Å²) in [5, 5.41) is 1.62. The van der Waals surface area contributed by atoms with Gasteiger partial charge in [0.15, 0.2) is 10.8 Å². The Morgan fingerprint density at radius 1 is 1.33 bits per heavy atom. The molecule has 1 saturated carbocycles.